The smallest absolute Gasteiger partial charge is 0.368 e. The third-order valence-electron chi connectivity index (χ3n) is 9.68. The lowest BCUT2D eigenvalue weighted by Crippen LogP contribution is -2.55. The molecule has 2 aliphatic heterocycles. The number of benzene rings is 1. The first kappa shape index (κ1) is 34.0. The topological polar surface area (TPSA) is 124 Å². The monoisotopic (exact) mass is 655 g/mol. The molecule has 5 rings (SSSR count). The van der Waals surface area contributed by atoms with Crippen molar-refractivity contribution in [2.45, 2.75) is 116 Å². The van der Waals surface area contributed by atoms with Gasteiger partial charge in [-0.05, 0) is 107 Å². The van der Waals surface area contributed by atoms with Gasteiger partial charge in [-0.2, -0.15) is 14.3 Å². The molecule has 2 atom stereocenters. The molecule has 0 saturated carbocycles. The van der Waals surface area contributed by atoms with Crippen LogP contribution in [0.3, 0.4) is 0 Å². The molecule has 46 heavy (non-hydrogen) atoms. The van der Waals surface area contributed by atoms with Crippen LogP contribution >= 0.6 is 0 Å². The minimum absolute atomic E-state index is 0.0335. The van der Waals surface area contributed by atoms with E-state index in [2.05, 4.69) is 83.6 Å². The van der Waals surface area contributed by atoms with Crippen molar-refractivity contribution >= 4 is 25.8 Å². The van der Waals surface area contributed by atoms with E-state index in [0.29, 0.717) is 29.8 Å². The van der Waals surface area contributed by atoms with Gasteiger partial charge in [0.05, 0.1) is 12.8 Å². The Morgan fingerprint density at radius 3 is 2.57 bits per heavy atom. The van der Waals surface area contributed by atoms with Crippen molar-refractivity contribution in [2.75, 3.05) is 23.8 Å². The summed E-state index contributed by atoms with van der Waals surface area (Å²) < 4.78 is 30.2. The van der Waals surface area contributed by atoms with Gasteiger partial charge in [-0.15, -0.1) is 0 Å². The first-order valence-corrected chi connectivity index (χ1v) is 19.1. The fraction of sp³-hybridized carbons (Fsp3) is 0.656. The molecule has 0 spiro atoms. The van der Waals surface area contributed by atoms with Crippen LogP contribution in [0.15, 0.2) is 29.2 Å². The largest absolute Gasteiger partial charge is 0.483 e. The van der Waals surface area contributed by atoms with E-state index in [1.807, 2.05) is 13.8 Å². The summed E-state index contributed by atoms with van der Waals surface area (Å²) in [5.41, 5.74) is -0.165. The number of nitrogens with one attached hydrogen (secondary N) is 2. The average Bonchev–Trinajstić information content (AvgIpc) is 3.56. The zero-order chi connectivity index (χ0) is 33.7. The fourth-order valence-electron chi connectivity index (χ4n) is 6.18. The van der Waals surface area contributed by atoms with E-state index in [4.69, 9.17) is 9.16 Å². The van der Waals surface area contributed by atoms with E-state index in [-0.39, 0.29) is 28.4 Å². The number of hydrogen-bond donors (Lipinski definition) is 2. The second kappa shape index (κ2) is 12.3. The van der Waals surface area contributed by atoms with Gasteiger partial charge in [-0.3, -0.25) is 4.90 Å². The highest BCUT2D eigenvalue weighted by atomic mass is 28.4. The minimum atomic E-state index is -2.02. The fourth-order valence-corrected chi connectivity index (χ4v) is 7.32. The number of anilines is 3. The number of ether oxygens (including phenoxy) is 1. The molecule has 252 valence electrons. The zero-order valence-corrected chi connectivity index (χ0v) is 29.9. The highest BCUT2D eigenvalue weighted by molar-refractivity contribution is 6.74. The van der Waals surface area contributed by atoms with E-state index in [1.165, 1.54) is 30.8 Å². The van der Waals surface area contributed by atoms with Crippen molar-refractivity contribution < 1.29 is 13.6 Å². The summed E-state index contributed by atoms with van der Waals surface area (Å²) in [6.07, 6.45) is 5.38. The quantitative estimate of drug-likeness (QED) is 0.266. The highest BCUT2D eigenvalue weighted by Gasteiger charge is 2.43. The molecule has 4 heterocycles. The minimum Gasteiger partial charge on any atom is -0.483 e. The maximum atomic E-state index is 15.0. The maximum absolute atomic E-state index is 15.0. The van der Waals surface area contributed by atoms with Gasteiger partial charge < -0.3 is 19.8 Å². The number of rotatable bonds is 10. The molecule has 12 nitrogen and oxygen atoms in total. The average molecular weight is 656 g/mol. The first-order valence-electron chi connectivity index (χ1n) is 16.1. The Balaban J connectivity index is 1.37. The maximum Gasteiger partial charge on any atom is 0.368 e. The highest BCUT2D eigenvalue weighted by Crippen LogP contribution is 2.39. The van der Waals surface area contributed by atoms with Crippen LogP contribution in [0.4, 0.5) is 21.8 Å². The molecule has 0 radical (unpaired) electrons. The lowest BCUT2D eigenvalue weighted by molar-refractivity contribution is 0.0460. The van der Waals surface area contributed by atoms with Crippen LogP contribution in [0, 0.1) is 5.82 Å². The lowest BCUT2D eigenvalue weighted by atomic mass is 9.84. The molecule has 3 aromatic rings. The van der Waals surface area contributed by atoms with E-state index >= 15 is 0 Å². The molecule has 0 unspecified atom stereocenters. The zero-order valence-electron chi connectivity index (χ0n) is 28.9. The Labute approximate surface area is 272 Å². The Kier molecular flexibility index (Phi) is 9.12. The van der Waals surface area contributed by atoms with Crippen molar-refractivity contribution in [3.63, 3.8) is 0 Å². The van der Waals surface area contributed by atoms with Crippen LogP contribution in [0.25, 0.3) is 5.69 Å². The summed E-state index contributed by atoms with van der Waals surface area (Å²) in [6.45, 7) is 20.9. The van der Waals surface area contributed by atoms with Crippen molar-refractivity contribution in [2.24, 2.45) is 7.05 Å². The number of piperidine rings is 1. The molecule has 1 aromatic carbocycles. The van der Waals surface area contributed by atoms with E-state index in [1.54, 1.807) is 18.2 Å². The van der Waals surface area contributed by atoms with Gasteiger partial charge in [-0.25, -0.2) is 14.2 Å². The number of aryl methyl sites for hydroxylation is 1. The molecule has 2 aliphatic rings. The standard InChI is InChI=1S/C32H50FN9O3Si/c1-30(2,3)46(9,10)44-20-32(6,7)45-26-14-13-21(17-25(26)42-29(43)40(8)38-39-42)36-28-34-19-24(33)27(37-28)35-22-16-23-12-11-15-41(23)31(4,5)18-22/h13-14,17,19,22-23H,11-12,15-16,18,20H2,1-10H3,(H2,34,35,36,37)/t22-,23+/m1/s1. The molecule has 2 aromatic heterocycles. The lowest BCUT2D eigenvalue weighted by Gasteiger charge is -2.47. The summed E-state index contributed by atoms with van der Waals surface area (Å²) in [4.78, 5) is 24.2. The number of fused-ring (bicyclic) bond motifs is 1. The number of hydrogen-bond acceptors (Lipinski definition) is 10. The van der Waals surface area contributed by atoms with Gasteiger partial charge in [0, 0.05) is 30.4 Å². The number of tetrazole rings is 1. The van der Waals surface area contributed by atoms with Gasteiger partial charge >= 0.3 is 5.69 Å². The van der Waals surface area contributed by atoms with Gasteiger partial charge in [0.15, 0.2) is 20.0 Å². The summed E-state index contributed by atoms with van der Waals surface area (Å²) in [7, 11) is -0.491. The second-order valence-corrected chi connectivity index (χ2v) is 20.3. The van der Waals surface area contributed by atoms with Crippen LogP contribution in [0.1, 0.15) is 74.1 Å². The Morgan fingerprint density at radius 2 is 1.89 bits per heavy atom. The molecule has 2 fully saturated rings. The van der Waals surface area contributed by atoms with E-state index in [9.17, 15) is 9.18 Å². The van der Waals surface area contributed by atoms with Crippen LogP contribution in [-0.2, 0) is 11.5 Å². The summed E-state index contributed by atoms with van der Waals surface area (Å²) >= 11 is 0. The predicted octanol–water partition coefficient (Wildman–Crippen LogP) is 5.64. The molecule has 0 bridgehead atoms. The summed E-state index contributed by atoms with van der Waals surface area (Å²) in [6, 6.07) is 5.86. The molecule has 0 aliphatic carbocycles. The second-order valence-electron chi connectivity index (χ2n) is 15.5. The molecule has 2 N–H and O–H groups in total. The van der Waals surface area contributed by atoms with Crippen molar-refractivity contribution in [3.05, 3.63) is 40.7 Å². The van der Waals surface area contributed by atoms with Crippen molar-refractivity contribution in [3.8, 4) is 11.4 Å². The van der Waals surface area contributed by atoms with Gasteiger partial charge in [0.1, 0.15) is 17.0 Å². The Bertz CT molecular complexity index is 1610. The van der Waals surface area contributed by atoms with Gasteiger partial charge in [0.2, 0.25) is 5.95 Å². The number of aromatic nitrogens is 6. The molecular formula is C32H50FN9O3Si. The summed E-state index contributed by atoms with van der Waals surface area (Å²) in [5, 5.41) is 14.5. The van der Waals surface area contributed by atoms with Crippen LogP contribution < -0.4 is 21.1 Å². The molecular weight excluding hydrogens is 605 g/mol. The Morgan fingerprint density at radius 1 is 1.15 bits per heavy atom. The van der Waals surface area contributed by atoms with Gasteiger partial charge in [0.25, 0.3) is 0 Å². The predicted molar refractivity (Wildman–Crippen MR) is 180 cm³/mol. The third kappa shape index (κ3) is 7.28. The normalized spacial score (nSPS) is 20.4. The van der Waals surface area contributed by atoms with Crippen molar-refractivity contribution in [1.29, 1.82) is 0 Å². The first-order chi connectivity index (χ1) is 21.3. The van der Waals surface area contributed by atoms with Gasteiger partial charge in [-0.1, -0.05) is 20.8 Å². The van der Waals surface area contributed by atoms with Crippen LogP contribution in [0.5, 0.6) is 5.75 Å². The van der Waals surface area contributed by atoms with E-state index < -0.39 is 25.4 Å². The van der Waals surface area contributed by atoms with Crippen molar-refractivity contribution in [1.82, 2.24) is 34.7 Å². The third-order valence-corrected chi connectivity index (χ3v) is 14.2. The SMILES string of the molecule is Cn1nnn(-c2cc(Nc3ncc(F)c(N[C@@H]4C[C@@H]5CCCN5C(C)(C)C4)n3)ccc2OC(C)(C)CO[Si](C)(C)C(C)(C)C)c1=O. The molecule has 2 saturated heterocycles. The number of halogens is 1. The molecule has 0 amide bonds. The van der Waals surface area contributed by atoms with E-state index in [0.717, 1.165) is 24.1 Å². The van der Waals surface area contributed by atoms with Crippen LogP contribution in [-0.4, -0.2) is 79.4 Å². The number of nitrogens with zero attached hydrogens (tertiary/aromatic N) is 7. The summed E-state index contributed by atoms with van der Waals surface area (Å²) in [5.74, 6) is 0.310. The van der Waals surface area contributed by atoms with Crippen LogP contribution in [0.2, 0.25) is 18.1 Å². The molecule has 14 heteroatoms. The Hall–Kier alpha value is -3.36.